The number of aromatic nitrogens is 4. The Bertz CT molecular complexity index is 818. The number of nitrogens with zero attached hydrogens (tertiary/aromatic N) is 4. The lowest BCUT2D eigenvalue weighted by Crippen LogP contribution is -2.01. The quantitative estimate of drug-likeness (QED) is 0.678. The fourth-order valence-electron chi connectivity index (χ4n) is 1.84. The Balaban J connectivity index is 2.17. The summed E-state index contributed by atoms with van der Waals surface area (Å²) in [5.74, 6) is 0.542. The lowest BCUT2D eigenvalue weighted by molar-refractivity contribution is 0.789. The molecular weight excluding hydrogens is 377 g/mol. The third-order valence-electron chi connectivity index (χ3n) is 2.86. The van der Waals surface area contributed by atoms with Crippen LogP contribution >= 0.6 is 39.1 Å². The van der Waals surface area contributed by atoms with E-state index in [1.54, 1.807) is 28.9 Å². The molecule has 2 aromatic carbocycles. The van der Waals surface area contributed by atoms with Crippen molar-refractivity contribution < 1.29 is 0 Å². The summed E-state index contributed by atoms with van der Waals surface area (Å²) in [7, 11) is 0. The van der Waals surface area contributed by atoms with E-state index in [0.29, 0.717) is 21.6 Å². The fourth-order valence-corrected chi connectivity index (χ4v) is 2.61. The Morgan fingerprint density at radius 1 is 1.10 bits per heavy atom. The van der Waals surface area contributed by atoms with Crippen LogP contribution < -0.4 is 5.73 Å². The van der Waals surface area contributed by atoms with Crippen LogP contribution in [0, 0.1) is 0 Å². The number of rotatable bonds is 2. The van der Waals surface area contributed by atoms with Gasteiger partial charge in [0.05, 0.1) is 16.4 Å². The topological polar surface area (TPSA) is 69.6 Å². The van der Waals surface area contributed by atoms with E-state index in [1.807, 2.05) is 12.1 Å². The summed E-state index contributed by atoms with van der Waals surface area (Å²) >= 11 is 15.6. The van der Waals surface area contributed by atoms with E-state index < -0.39 is 0 Å². The Kier molecular flexibility index (Phi) is 3.84. The molecule has 8 heteroatoms. The van der Waals surface area contributed by atoms with Crippen molar-refractivity contribution in [2.45, 2.75) is 0 Å². The molecule has 0 atom stereocenters. The van der Waals surface area contributed by atoms with Gasteiger partial charge in [-0.15, -0.1) is 5.10 Å². The maximum absolute atomic E-state index is 6.05. The second kappa shape index (κ2) is 5.63. The molecule has 0 aliphatic carbocycles. The summed E-state index contributed by atoms with van der Waals surface area (Å²) in [5, 5.41) is 12.8. The zero-order valence-corrected chi connectivity index (χ0v) is 13.6. The van der Waals surface area contributed by atoms with Gasteiger partial charge in [0.15, 0.2) is 5.82 Å². The molecule has 0 saturated carbocycles. The zero-order chi connectivity index (χ0) is 15.0. The Morgan fingerprint density at radius 2 is 1.90 bits per heavy atom. The number of hydrogen-bond donors (Lipinski definition) is 1. The van der Waals surface area contributed by atoms with Gasteiger partial charge in [-0.25, -0.2) is 0 Å². The first-order chi connectivity index (χ1) is 10.1. The zero-order valence-electron chi connectivity index (χ0n) is 10.5. The molecule has 1 heterocycles. The monoisotopic (exact) mass is 383 g/mol. The van der Waals surface area contributed by atoms with Gasteiger partial charge in [0.1, 0.15) is 0 Å². The maximum Gasteiger partial charge on any atom is 0.187 e. The molecule has 0 fully saturated rings. The second-order valence-electron chi connectivity index (χ2n) is 4.25. The Labute approximate surface area is 138 Å². The van der Waals surface area contributed by atoms with Gasteiger partial charge in [0.25, 0.3) is 0 Å². The summed E-state index contributed by atoms with van der Waals surface area (Å²) < 4.78 is 2.40. The average molecular weight is 385 g/mol. The molecule has 3 aromatic rings. The van der Waals surface area contributed by atoms with Crippen LogP contribution in [0.25, 0.3) is 17.1 Å². The van der Waals surface area contributed by atoms with Crippen molar-refractivity contribution in [3.05, 3.63) is 50.9 Å². The van der Waals surface area contributed by atoms with Crippen LogP contribution in [-0.4, -0.2) is 20.2 Å². The number of nitrogen functional groups attached to an aromatic ring is 1. The second-order valence-corrected chi connectivity index (χ2v) is 5.94. The van der Waals surface area contributed by atoms with Crippen LogP contribution in [0.15, 0.2) is 40.9 Å². The third-order valence-corrected chi connectivity index (χ3v) is 4.10. The van der Waals surface area contributed by atoms with Gasteiger partial charge in [-0.05, 0) is 62.8 Å². The number of benzene rings is 2. The van der Waals surface area contributed by atoms with Gasteiger partial charge in [0, 0.05) is 15.1 Å². The molecule has 3 rings (SSSR count). The molecule has 0 bridgehead atoms. The fraction of sp³-hybridized carbons (Fsp3) is 0. The SMILES string of the molecule is Nc1ccc(-c2nnnn2-c2cc(Cl)ccc2Br)cc1Cl. The lowest BCUT2D eigenvalue weighted by Gasteiger charge is -2.08. The van der Waals surface area contributed by atoms with Crippen molar-refractivity contribution >= 4 is 44.8 Å². The number of halogens is 3. The van der Waals surface area contributed by atoms with E-state index in [-0.39, 0.29) is 0 Å². The van der Waals surface area contributed by atoms with Gasteiger partial charge >= 0.3 is 0 Å². The molecule has 0 aliphatic heterocycles. The van der Waals surface area contributed by atoms with Crippen LogP contribution in [0.2, 0.25) is 10.0 Å². The average Bonchev–Trinajstić information content (AvgIpc) is 2.93. The van der Waals surface area contributed by atoms with Crippen molar-refractivity contribution in [2.24, 2.45) is 0 Å². The summed E-state index contributed by atoms with van der Waals surface area (Å²) in [6, 6.07) is 10.6. The standard InChI is InChI=1S/C13H8BrCl2N5/c14-9-3-2-8(15)6-12(9)21-13(18-19-20-21)7-1-4-11(17)10(16)5-7/h1-6H,17H2. The van der Waals surface area contributed by atoms with Crippen molar-refractivity contribution in [2.75, 3.05) is 5.73 Å². The highest BCUT2D eigenvalue weighted by Crippen LogP contribution is 2.30. The summed E-state index contributed by atoms with van der Waals surface area (Å²) in [5.41, 5.74) is 7.71. The molecule has 0 aliphatic rings. The number of anilines is 1. The molecule has 21 heavy (non-hydrogen) atoms. The molecule has 2 N–H and O–H groups in total. The summed E-state index contributed by atoms with van der Waals surface area (Å²) in [6.45, 7) is 0. The molecule has 0 amide bonds. The molecule has 0 radical (unpaired) electrons. The predicted molar refractivity (Wildman–Crippen MR) is 86.7 cm³/mol. The van der Waals surface area contributed by atoms with Gasteiger partial charge in [-0.3, -0.25) is 0 Å². The highest BCUT2D eigenvalue weighted by molar-refractivity contribution is 9.10. The first-order valence-electron chi connectivity index (χ1n) is 5.85. The van der Waals surface area contributed by atoms with Crippen molar-refractivity contribution in [3.8, 4) is 17.1 Å². The number of nitrogens with two attached hydrogens (primary N) is 1. The van der Waals surface area contributed by atoms with Crippen LogP contribution in [0.1, 0.15) is 0 Å². The van der Waals surface area contributed by atoms with E-state index in [4.69, 9.17) is 28.9 Å². The summed E-state index contributed by atoms with van der Waals surface area (Å²) in [4.78, 5) is 0. The first-order valence-corrected chi connectivity index (χ1v) is 7.40. The van der Waals surface area contributed by atoms with Gasteiger partial charge < -0.3 is 5.73 Å². The molecular formula is C13H8BrCl2N5. The molecule has 0 saturated heterocycles. The van der Waals surface area contributed by atoms with Gasteiger partial charge in [-0.2, -0.15) is 4.68 Å². The minimum absolute atomic E-state index is 0.451. The van der Waals surface area contributed by atoms with Crippen LogP contribution in [0.4, 0.5) is 5.69 Å². The largest absolute Gasteiger partial charge is 0.398 e. The van der Waals surface area contributed by atoms with Crippen molar-refractivity contribution in [1.82, 2.24) is 20.2 Å². The lowest BCUT2D eigenvalue weighted by atomic mass is 10.2. The third kappa shape index (κ3) is 2.74. The first kappa shape index (κ1) is 14.3. The van der Waals surface area contributed by atoms with Gasteiger partial charge in [0.2, 0.25) is 0 Å². The summed E-state index contributed by atoms with van der Waals surface area (Å²) in [6.07, 6.45) is 0. The van der Waals surface area contributed by atoms with Crippen LogP contribution in [0.5, 0.6) is 0 Å². The van der Waals surface area contributed by atoms with E-state index in [2.05, 4.69) is 31.5 Å². The molecule has 1 aromatic heterocycles. The number of tetrazole rings is 1. The normalized spacial score (nSPS) is 10.8. The number of hydrogen-bond acceptors (Lipinski definition) is 4. The smallest absolute Gasteiger partial charge is 0.187 e. The Morgan fingerprint density at radius 3 is 2.67 bits per heavy atom. The minimum Gasteiger partial charge on any atom is -0.398 e. The van der Waals surface area contributed by atoms with Gasteiger partial charge in [-0.1, -0.05) is 23.2 Å². The highest BCUT2D eigenvalue weighted by Gasteiger charge is 2.14. The molecule has 106 valence electrons. The minimum atomic E-state index is 0.451. The molecule has 0 spiro atoms. The van der Waals surface area contributed by atoms with E-state index >= 15 is 0 Å². The molecule has 0 unspecified atom stereocenters. The van der Waals surface area contributed by atoms with E-state index in [1.165, 1.54) is 0 Å². The predicted octanol–water partition coefficient (Wildman–Crippen LogP) is 3.98. The van der Waals surface area contributed by atoms with Crippen molar-refractivity contribution in [3.63, 3.8) is 0 Å². The highest BCUT2D eigenvalue weighted by atomic mass is 79.9. The van der Waals surface area contributed by atoms with Crippen LogP contribution in [0.3, 0.4) is 0 Å². The maximum atomic E-state index is 6.05. The van der Waals surface area contributed by atoms with E-state index in [9.17, 15) is 0 Å². The van der Waals surface area contributed by atoms with Crippen molar-refractivity contribution in [1.29, 1.82) is 0 Å². The van der Waals surface area contributed by atoms with Crippen LogP contribution in [-0.2, 0) is 0 Å². The van der Waals surface area contributed by atoms with E-state index in [0.717, 1.165) is 15.7 Å². The Hall–Kier alpha value is -1.63. The molecule has 5 nitrogen and oxygen atoms in total.